The van der Waals surface area contributed by atoms with Crippen LogP contribution in [0.2, 0.25) is 0 Å². The molecule has 0 amide bonds. The Bertz CT molecular complexity index is 544. The molecule has 2 rings (SSSR count). The van der Waals surface area contributed by atoms with E-state index in [4.69, 9.17) is 5.53 Å². The van der Waals surface area contributed by atoms with Gasteiger partial charge in [0.15, 0.2) is 5.78 Å². The molecular weight excluding hydrogens is 228 g/mol. The number of nitrogens with zero attached hydrogens (tertiary/aromatic N) is 4. The molecule has 0 unspecified atom stereocenters. The molecule has 0 bridgehead atoms. The summed E-state index contributed by atoms with van der Waals surface area (Å²) in [6, 6.07) is 5.70. The number of hydrogen-bond acceptors (Lipinski definition) is 3. The topological polar surface area (TPSA) is 69.1 Å². The number of rotatable bonds is 3. The van der Waals surface area contributed by atoms with E-state index in [1.54, 1.807) is 0 Å². The van der Waals surface area contributed by atoms with Crippen molar-refractivity contribution in [3.8, 4) is 0 Å². The number of ketones is 1. The Balaban J connectivity index is 2.37. The van der Waals surface area contributed by atoms with Gasteiger partial charge in [0.1, 0.15) is 0 Å². The molecule has 1 aliphatic heterocycles. The Kier molecular flexibility index (Phi) is 3.01. The minimum absolute atomic E-state index is 0.108. The van der Waals surface area contributed by atoms with Crippen molar-refractivity contribution in [2.75, 3.05) is 25.0 Å². The lowest BCUT2D eigenvalue weighted by molar-refractivity contribution is 0.100. The van der Waals surface area contributed by atoms with Crippen molar-refractivity contribution in [2.45, 2.75) is 19.3 Å². The second kappa shape index (κ2) is 4.35. The molecule has 0 aliphatic carbocycles. The van der Waals surface area contributed by atoms with Gasteiger partial charge in [-0.2, -0.15) is 0 Å². The number of benzene rings is 1. The predicted octanol–water partition coefficient (Wildman–Crippen LogP) is 2.91. The van der Waals surface area contributed by atoms with Gasteiger partial charge in [0.2, 0.25) is 0 Å². The van der Waals surface area contributed by atoms with E-state index in [1.807, 2.05) is 25.2 Å². The largest absolute Gasteiger partial charge is 0.373 e. The van der Waals surface area contributed by atoms with Gasteiger partial charge in [-0.1, -0.05) is 31.1 Å². The Morgan fingerprint density at radius 3 is 2.94 bits per heavy atom. The molecule has 0 N–H and O–H groups in total. The Hall–Kier alpha value is -2.00. The first kappa shape index (κ1) is 12.5. The highest BCUT2D eigenvalue weighted by Gasteiger charge is 2.33. The normalized spacial score (nSPS) is 16.1. The molecule has 5 heteroatoms. The highest BCUT2D eigenvalue weighted by molar-refractivity contribution is 5.99. The maximum absolute atomic E-state index is 11.8. The SMILES string of the molecule is CN1CC(C)(C)c2ccc(C(=O)CN=[N+]=[N-])cc21. The summed E-state index contributed by atoms with van der Waals surface area (Å²) in [5.41, 5.74) is 11.3. The average molecular weight is 244 g/mol. The third kappa shape index (κ3) is 2.05. The molecule has 94 valence electrons. The Labute approximate surface area is 106 Å². The Morgan fingerprint density at radius 2 is 2.28 bits per heavy atom. The van der Waals surface area contributed by atoms with Crippen LogP contribution in [-0.2, 0) is 5.41 Å². The van der Waals surface area contributed by atoms with Crippen LogP contribution in [0.4, 0.5) is 5.69 Å². The van der Waals surface area contributed by atoms with Gasteiger partial charge in [-0.3, -0.25) is 4.79 Å². The molecule has 0 saturated carbocycles. The summed E-state index contributed by atoms with van der Waals surface area (Å²) >= 11 is 0. The number of anilines is 1. The lowest BCUT2D eigenvalue weighted by Crippen LogP contribution is -2.24. The highest BCUT2D eigenvalue weighted by Crippen LogP contribution is 2.39. The number of carbonyl (C=O) groups excluding carboxylic acids is 1. The summed E-state index contributed by atoms with van der Waals surface area (Å²) in [5.74, 6) is -0.145. The van der Waals surface area contributed by atoms with E-state index in [-0.39, 0.29) is 17.7 Å². The quantitative estimate of drug-likeness (QED) is 0.355. The molecule has 0 aromatic heterocycles. The van der Waals surface area contributed by atoms with E-state index in [9.17, 15) is 4.79 Å². The van der Waals surface area contributed by atoms with Crippen molar-refractivity contribution in [3.05, 3.63) is 39.8 Å². The summed E-state index contributed by atoms with van der Waals surface area (Å²) in [6.07, 6.45) is 0. The highest BCUT2D eigenvalue weighted by atomic mass is 16.1. The zero-order chi connectivity index (χ0) is 13.3. The van der Waals surface area contributed by atoms with Crippen molar-refractivity contribution >= 4 is 11.5 Å². The first-order chi connectivity index (χ1) is 8.45. The van der Waals surface area contributed by atoms with Crippen LogP contribution in [0.1, 0.15) is 29.8 Å². The van der Waals surface area contributed by atoms with Gasteiger partial charge in [0, 0.05) is 35.2 Å². The molecule has 1 aliphatic rings. The third-order valence-electron chi connectivity index (χ3n) is 3.37. The van der Waals surface area contributed by atoms with Crippen molar-refractivity contribution in [1.29, 1.82) is 0 Å². The smallest absolute Gasteiger partial charge is 0.168 e. The van der Waals surface area contributed by atoms with Gasteiger partial charge < -0.3 is 4.90 Å². The van der Waals surface area contributed by atoms with Crippen molar-refractivity contribution in [2.24, 2.45) is 5.11 Å². The zero-order valence-electron chi connectivity index (χ0n) is 10.8. The lowest BCUT2D eigenvalue weighted by Gasteiger charge is -2.18. The van der Waals surface area contributed by atoms with Gasteiger partial charge in [-0.25, -0.2) is 0 Å². The maximum Gasteiger partial charge on any atom is 0.168 e. The van der Waals surface area contributed by atoms with Crippen LogP contribution >= 0.6 is 0 Å². The van der Waals surface area contributed by atoms with E-state index in [0.29, 0.717) is 5.56 Å². The van der Waals surface area contributed by atoms with Crippen LogP contribution in [-0.4, -0.2) is 25.9 Å². The van der Waals surface area contributed by atoms with Gasteiger partial charge >= 0.3 is 0 Å². The second-order valence-corrected chi connectivity index (χ2v) is 5.28. The lowest BCUT2D eigenvalue weighted by atomic mass is 9.86. The monoisotopic (exact) mass is 244 g/mol. The summed E-state index contributed by atoms with van der Waals surface area (Å²) < 4.78 is 0. The van der Waals surface area contributed by atoms with Crippen molar-refractivity contribution in [3.63, 3.8) is 0 Å². The molecular formula is C13H16N4O. The van der Waals surface area contributed by atoms with Crippen molar-refractivity contribution < 1.29 is 4.79 Å². The molecule has 1 aromatic rings. The van der Waals surface area contributed by atoms with Crippen LogP contribution in [0.15, 0.2) is 23.3 Å². The fourth-order valence-electron chi connectivity index (χ4n) is 2.54. The molecule has 1 aromatic carbocycles. The minimum atomic E-state index is -0.145. The number of carbonyl (C=O) groups is 1. The number of likely N-dealkylation sites (N-methyl/N-ethyl adjacent to an activating group) is 1. The van der Waals surface area contributed by atoms with E-state index < -0.39 is 0 Å². The second-order valence-electron chi connectivity index (χ2n) is 5.28. The maximum atomic E-state index is 11.8. The molecule has 0 fully saturated rings. The van der Waals surface area contributed by atoms with Crippen LogP contribution in [0.3, 0.4) is 0 Å². The molecule has 0 atom stereocenters. The molecule has 0 spiro atoms. The van der Waals surface area contributed by atoms with E-state index in [1.165, 1.54) is 5.56 Å². The van der Waals surface area contributed by atoms with Gasteiger partial charge in [0.05, 0.1) is 6.54 Å². The van der Waals surface area contributed by atoms with Gasteiger partial charge in [0.25, 0.3) is 0 Å². The molecule has 0 radical (unpaired) electrons. The number of azide groups is 1. The standard InChI is InChI=1S/C13H16N4O/c1-13(2)8-17(3)11-6-9(4-5-10(11)13)12(18)7-15-16-14/h4-6H,7-8H2,1-3H3. The van der Waals surface area contributed by atoms with Crippen LogP contribution < -0.4 is 4.90 Å². The van der Waals surface area contributed by atoms with Crippen LogP contribution in [0.5, 0.6) is 0 Å². The molecule has 5 nitrogen and oxygen atoms in total. The zero-order valence-corrected chi connectivity index (χ0v) is 10.8. The predicted molar refractivity (Wildman–Crippen MR) is 71.1 cm³/mol. The number of fused-ring (bicyclic) bond motifs is 1. The van der Waals surface area contributed by atoms with E-state index in [2.05, 4.69) is 28.8 Å². The molecule has 1 heterocycles. The Morgan fingerprint density at radius 1 is 1.56 bits per heavy atom. The summed E-state index contributed by atoms with van der Waals surface area (Å²) in [4.78, 5) is 16.5. The summed E-state index contributed by atoms with van der Waals surface area (Å²) in [5, 5.41) is 3.31. The number of hydrogen-bond donors (Lipinski definition) is 0. The minimum Gasteiger partial charge on any atom is -0.373 e. The first-order valence-corrected chi connectivity index (χ1v) is 5.85. The summed E-state index contributed by atoms with van der Waals surface area (Å²) in [6.45, 7) is 5.20. The fourth-order valence-corrected chi connectivity index (χ4v) is 2.54. The number of Topliss-reactive ketones (excluding diaryl/α,β-unsaturated/α-hetero) is 1. The van der Waals surface area contributed by atoms with E-state index in [0.717, 1.165) is 12.2 Å². The molecule has 18 heavy (non-hydrogen) atoms. The van der Waals surface area contributed by atoms with Gasteiger partial charge in [-0.05, 0) is 17.2 Å². The van der Waals surface area contributed by atoms with Crippen LogP contribution in [0.25, 0.3) is 10.4 Å². The van der Waals surface area contributed by atoms with E-state index >= 15 is 0 Å². The van der Waals surface area contributed by atoms with Crippen LogP contribution in [0, 0.1) is 0 Å². The van der Waals surface area contributed by atoms with Crippen molar-refractivity contribution in [1.82, 2.24) is 0 Å². The third-order valence-corrected chi connectivity index (χ3v) is 3.37. The molecule has 0 saturated heterocycles. The van der Waals surface area contributed by atoms with Gasteiger partial charge in [-0.15, -0.1) is 0 Å². The summed E-state index contributed by atoms with van der Waals surface area (Å²) in [7, 11) is 2.02. The average Bonchev–Trinajstić information content (AvgIpc) is 2.56. The first-order valence-electron chi connectivity index (χ1n) is 5.85. The fraction of sp³-hybridized carbons (Fsp3) is 0.462.